The highest BCUT2D eigenvalue weighted by Gasteiger charge is 2.47. The molecule has 3 aliphatic rings. The molecular formula is C21H24F3N3O3. The quantitative estimate of drug-likeness (QED) is 0.730. The number of nitrogens with one attached hydrogen (secondary N) is 2. The minimum atomic E-state index is -1.38. The Hall–Kier alpha value is -2.58. The lowest BCUT2D eigenvalue weighted by atomic mass is 9.84. The average molecular weight is 423 g/mol. The van der Waals surface area contributed by atoms with Crippen LogP contribution in [0.5, 0.6) is 0 Å². The van der Waals surface area contributed by atoms with E-state index < -0.39 is 47.0 Å². The number of piperazine rings is 1. The van der Waals surface area contributed by atoms with Gasteiger partial charge >= 0.3 is 0 Å². The summed E-state index contributed by atoms with van der Waals surface area (Å²) in [6.07, 6.45) is 6.40. The molecule has 1 aromatic carbocycles. The van der Waals surface area contributed by atoms with Crippen molar-refractivity contribution in [1.82, 2.24) is 15.5 Å². The topological polar surface area (TPSA) is 78.5 Å². The number of carbonyl (C=O) groups is 3. The number of fused-ring (bicyclic) bond motifs is 1. The molecular weight excluding hydrogens is 399 g/mol. The molecule has 162 valence electrons. The Morgan fingerprint density at radius 2 is 1.77 bits per heavy atom. The van der Waals surface area contributed by atoms with Gasteiger partial charge in [0.1, 0.15) is 17.9 Å². The fraction of sp³-hybridized carbons (Fsp3) is 0.571. The fourth-order valence-corrected chi connectivity index (χ4v) is 4.84. The summed E-state index contributed by atoms with van der Waals surface area (Å²) in [5.41, 5.74) is -0.621. The Morgan fingerprint density at radius 1 is 1.07 bits per heavy atom. The molecule has 1 aromatic rings. The van der Waals surface area contributed by atoms with Crippen LogP contribution >= 0.6 is 0 Å². The molecule has 2 heterocycles. The highest BCUT2D eigenvalue weighted by atomic mass is 19.2. The van der Waals surface area contributed by atoms with E-state index in [4.69, 9.17) is 0 Å². The highest BCUT2D eigenvalue weighted by molar-refractivity contribution is 5.98. The number of rotatable bonds is 4. The number of hydrogen-bond donors (Lipinski definition) is 2. The van der Waals surface area contributed by atoms with E-state index in [1.807, 2.05) is 0 Å². The van der Waals surface area contributed by atoms with Crippen LogP contribution in [0, 0.1) is 23.4 Å². The summed E-state index contributed by atoms with van der Waals surface area (Å²) < 4.78 is 40.3. The molecule has 2 N–H and O–H groups in total. The molecule has 0 radical (unpaired) electrons. The van der Waals surface area contributed by atoms with Crippen LogP contribution in [0.2, 0.25) is 0 Å². The molecule has 6 nitrogen and oxygen atoms in total. The number of benzene rings is 1. The Morgan fingerprint density at radius 3 is 2.50 bits per heavy atom. The van der Waals surface area contributed by atoms with E-state index in [0.29, 0.717) is 24.5 Å². The average Bonchev–Trinajstić information content (AvgIpc) is 3.14. The number of nitrogens with zero attached hydrogens (tertiary/aromatic N) is 1. The van der Waals surface area contributed by atoms with E-state index >= 15 is 0 Å². The second kappa shape index (κ2) is 8.28. The SMILES string of the molecule is O=C(N[C@H]1C[C@H]2C(=O)N[C@@H](CC3CCCCC3)C(=O)N2C1)c1cc(F)c(F)cc1F. The second-order valence-electron chi connectivity index (χ2n) is 8.46. The van der Waals surface area contributed by atoms with Gasteiger partial charge in [0, 0.05) is 18.7 Å². The highest BCUT2D eigenvalue weighted by Crippen LogP contribution is 2.30. The van der Waals surface area contributed by atoms with Crippen molar-refractivity contribution in [2.75, 3.05) is 6.54 Å². The summed E-state index contributed by atoms with van der Waals surface area (Å²) in [5.74, 6) is -4.81. The van der Waals surface area contributed by atoms with Crippen molar-refractivity contribution >= 4 is 17.7 Å². The monoisotopic (exact) mass is 423 g/mol. The van der Waals surface area contributed by atoms with Crippen LogP contribution in [0.3, 0.4) is 0 Å². The normalized spacial score (nSPS) is 27.0. The maximum Gasteiger partial charge on any atom is 0.254 e. The Balaban J connectivity index is 1.41. The van der Waals surface area contributed by atoms with Crippen molar-refractivity contribution in [3.05, 3.63) is 35.1 Å². The van der Waals surface area contributed by atoms with Gasteiger partial charge in [0.05, 0.1) is 5.56 Å². The van der Waals surface area contributed by atoms with Gasteiger partial charge in [-0.3, -0.25) is 14.4 Å². The molecule has 3 atom stereocenters. The predicted molar refractivity (Wildman–Crippen MR) is 101 cm³/mol. The van der Waals surface area contributed by atoms with Crippen LogP contribution in [0.15, 0.2) is 12.1 Å². The predicted octanol–water partition coefficient (Wildman–Crippen LogP) is 2.27. The van der Waals surface area contributed by atoms with Crippen LogP contribution in [0.1, 0.15) is 55.3 Å². The molecule has 1 saturated carbocycles. The molecule has 4 rings (SSSR count). The molecule has 3 fully saturated rings. The van der Waals surface area contributed by atoms with E-state index in [0.717, 1.165) is 25.7 Å². The first-order valence-electron chi connectivity index (χ1n) is 10.4. The molecule has 0 aromatic heterocycles. The number of halogens is 3. The molecule has 1 aliphatic carbocycles. The summed E-state index contributed by atoms with van der Waals surface area (Å²) in [6, 6.07) is -1.02. The third kappa shape index (κ3) is 4.02. The largest absolute Gasteiger partial charge is 0.347 e. The summed E-state index contributed by atoms with van der Waals surface area (Å²) in [6.45, 7) is 0.120. The summed E-state index contributed by atoms with van der Waals surface area (Å²) in [5, 5.41) is 5.35. The van der Waals surface area contributed by atoms with Crippen molar-refractivity contribution < 1.29 is 27.6 Å². The molecule has 2 saturated heterocycles. The van der Waals surface area contributed by atoms with E-state index in [-0.39, 0.29) is 24.8 Å². The maximum absolute atomic E-state index is 13.9. The lowest BCUT2D eigenvalue weighted by molar-refractivity contribution is -0.147. The van der Waals surface area contributed by atoms with E-state index in [9.17, 15) is 27.6 Å². The van der Waals surface area contributed by atoms with Crippen LogP contribution in [-0.2, 0) is 9.59 Å². The first kappa shape index (κ1) is 20.7. The zero-order valence-corrected chi connectivity index (χ0v) is 16.4. The van der Waals surface area contributed by atoms with Gasteiger partial charge in [-0.05, 0) is 24.8 Å². The molecule has 9 heteroatoms. The van der Waals surface area contributed by atoms with Crippen molar-refractivity contribution in [2.24, 2.45) is 5.92 Å². The van der Waals surface area contributed by atoms with Gasteiger partial charge in [0.15, 0.2) is 11.6 Å². The zero-order chi connectivity index (χ0) is 21.4. The minimum absolute atomic E-state index is 0.120. The molecule has 0 unspecified atom stereocenters. The number of carbonyl (C=O) groups excluding carboxylic acids is 3. The van der Waals surface area contributed by atoms with Gasteiger partial charge in [-0.25, -0.2) is 13.2 Å². The summed E-state index contributed by atoms with van der Waals surface area (Å²) >= 11 is 0. The van der Waals surface area contributed by atoms with Gasteiger partial charge in [-0.2, -0.15) is 0 Å². The van der Waals surface area contributed by atoms with Gasteiger partial charge < -0.3 is 15.5 Å². The van der Waals surface area contributed by atoms with Gasteiger partial charge in [-0.1, -0.05) is 32.1 Å². The Labute approximate surface area is 172 Å². The lowest BCUT2D eigenvalue weighted by Gasteiger charge is -2.36. The molecule has 0 spiro atoms. The van der Waals surface area contributed by atoms with Crippen molar-refractivity contribution in [3.63, 3.8) is 0 Å². The Bertz CT molecular complexity index is 873. The number of amides is 3. The summed E-state index contributed by atoms with van der Waals surface area (Å²) in [7, 11) is 0. The molecule has 30 heavy (non-hydrogen) atoms. The van der Waals surface area contributed by atoms with Crippen molar-refractivity contribution in [2.45, 2.75) is 63.1 Å². The molecule has 0 bridgehead atoms. The standard InChI is InChI=1S/C21H24F3N3O3/c22-14-9-16(24)15(23)8-13(14)19(28)25-12-7-18-20(29)26-17(21(30)27(18)10-12)6-11-4-2-1-3-5-11/h8-9,11-12,17-18H,1-7,10H2,(H,25,28)(H,26,29)/t12-,17-,18-/m0/s1. The second-order valence-corrected chi connectivity index (χ2v) is 8.46. The Kier molecular flexibility index (Phi) is 5.71. The third-order valence-electron chi connectivity index (χ3n) is 6.38. The van der Waals surface area contributed by atoms with Crippen LogP contribution in [0.4, 0.5) is 13.2 Å². The van der Waals surface area contributed by atoms with E-state index in [1.54, 1.807) is 0 Å². The molecule has 2 aliphatic heterocycles. The smallest absolute Gasteiger partial charge is 0.254 e. The molecule has 3 amide bonds. The van der Waals surface area contributed by atoms with Crippen molar-refractivity contribution in [3.8, 4) is 0 Å². The lowest BCUT2D eigenvalue weighted by Crippen LogP contribution is -2.61. The van der Waals surface area contributed by atoms with Gasteiger partial charge in [0.2, 0.25) is 11.8 Å². The summed E-state index contributed by atoms with van der Waals surface area (Å²) in [4.78, 5) is 39.3. The zero-order valence-electron chi connectivity index (χ0n) is 16.4. The first-order valence-corrected chi connectivity index (χ1v) is 10.4. The van der Waals surface area contributed by atoms with Gasteiger partial charge in [-0.15, -0.1) is 0 Å². The van der Waals surface area contributed by atoms with Crippen LogP contribution in [0.25, 0.3) is 0 Å². The number of hydrogen-bond acceptors (Lipinski definition) is 3. The minimum Gasteiger partial charge on any atom is -0.347 e. The third-order valence-corrected chi connectivity index (χ3v) is 6.38. The fourth-order valence-electron chi connectivity index (χ4n) is 4.84. The van der Waals surface area contributed by atoms with Crippen LogP contribution < -0.4 is 10.6 Å². The maximum atomic E-state index is 13.9. The van der Waals surface area contributed by atoms with Crippen molar-refractivity contribution in [1.29, 1.82) is 0 Å². The van der Waals surface area contributed by atoms with Gasteiger partial charge in [0.25, 0.3) is 5.91 Å². The van der Waals surface area contributed by atoms with E-state index in [1.165, 1.54) is 11.3 Å². The van der Waals surface area contributed by atoms with E-state index in [2.05, 4.69) is 10.6 Å². The van der Waals surface area contributed by atoms with Crippen LogP contribution in [-0.4, -0.2) is 47.3 Å². The first-order chi connectivity index (χ1) is 14.3.